The van der Waals surface area contributed by atoms with Gasteiger partial charge in [-0.1, -0.05) is 57.3 Å². The molecule has 0 saturated heterocycles. The summed E-state index contributed by atoms with van der Waals surface area (Å²) in [5, 5.41) is 0.917. The maximum atomic E-state index is 3.55. The maximum Gasteiger partial charge on any atom is 0.0294 e. The van der Waals surface area contributed by atoms with Crippen molar-refractivity contribution in [2.75, 3.05) is 0 Å². The van der Waals surface area contributed by atoms with E-state index in [1.807, 2.05) is 0 Å². The van der Waals surface area contributed by atoms with Gasteiger partial charge in [-0.15, -0.1) is 0 Å². The van der Waals surface area contributed by atoms with E-state index in [1.54, 1.807) is 0 Å². The molecule has 1 rings (SSSR count). The molecule has 0 spiro atoms. The van der Waals surface area contributed by atoms with E-state index in [0.29, 0.717) is 0 Å². The molecule has 2 heteroatoms. The lowest BCUT2D eigenvalue weighted by Gasteiger charge is -2.03. The summed E-state index contributed by atoms with van der Waals surface area (Å²) in [5.41, 5.74) is 2.73. The second kappa shape index (κ2) is 5.03. The van der Waals surface area contributed by atoms with Gasteiger partial charge in [0.05, 0.1) is 0 Å². The molecule has 0 radical (unpaired) electrons. The molecule has 0 unspecified atom stereocenters. The third kappa shape index (κ3) is 2.60. The fourth-order valence-corrected chi connectivity index (χ4v) is 2.57. The van der Waals surface area contributed by atoms with Crippen LogP contribution in [-0.4, -0.2) is 0 Å². The van der Waals surface area contributed by atoms with Crippen molar-refractivity contribution in [2.24, 2.45) is 0 Å². The second-order valence-electron chi connectivity index (χ2n) is 2.81. The molecule has 0 bridgehead atoms. The normalized spacial score (nSPS) is 10.2. The van der Waals surface area contributed by atoms with Crippen LogP contribution < -0.4 is 0 Å². The lowest BCUT2D eigenvalue weighted by molar-refractivity contribution is 0.920. The number of alkyl halides is 1. The quantitative estimate of drug-likeness (QED) is 0.729. The summed E-state index contributed by atoms with van der Waals surface area (Å²) in [6.45, 7) is 2.20. The molecule has 0 nitrogen and oxygen atoms in total. The smallest absolute Gasteiger partial charge is 0.0294 e. The van der Waals surface area contributed by atoms with Gasteiger partial charge in [0, 0.05) is 9.80 Å². The van der Waals surface area contributed by atoms with Crippen LogP contribution in [-0.2, 0) is 11.8 Å². The van der Waals surface area contributed by atoms with Crippen LogP contribution in [0.15, 0.2) is 22.7 Å². The summed E-state index contributed by atoms with van der Waals surface area (Å²) >= 11 is 6.99. The predicted molar refractivity (Wildman–Crippen MR) is 60.8 cm³/mol. The first-order valence-corrected chi connectivity index (χ1v) is 6.02. The standard InChI is InChI=1S/C10H12Br2/c1-2-3-8-4-5-9(7-11)10(12)6-8/h4-6H,2-3,7H2,1H3. The fourth-order valence-electron chi connectivity index (χ4n) is 1.14. The predicted octanol–water partition coefficient (Wildman–Crippen LogP) is 4.30. The maximum absolute atomic E-state index is 3.55. The largest absolute Gasteiger partial charge is 0.0876 e. The van der Waals surface area contributed by atoms with Crippen LogP contribution in [0.25, 0.3) is 0 Å². The zero-order chi connectivity index (χ0) is 8.97. The topological polar surface area (TPSA) is 0 Å². The lowest BCUT2D eigenvalue weighted by Crippen LogP contribution is -1.86. The van der Waals surface area contributed by atoms with Gasteiger partial charge in [-0.3, -0.25) is 0 Å². The summed E-state index contributed by atoms with van der Waals surface area (Å²) in [5.74, 6) is 0. The number of hydrogen-bond acceptors (Lipinski definition) is 0. The molecule has 0 N–H and O–H groups in total. The summed E-state index contributed by atoms with van der Waals surface area (Å²) < 4.78 is 1.21. The Labute approximate surface area is 90.6 Å². The Morgan fingerprint density at radius 1 is 1.33 bits per heavy atom. The van der Waals surface area contributed by atoms with Crippen LogP contribution in [0.4, 0.5) is 0 Å². The van der Waals surface area contributed by atoms with Gasteiger partial charge in [0.25, 0.3) is 0 Å². The van der Waals surface area contributed by atoms with Gasteiger partial charge in [-0.2, -0.15) is 0 Å². The first-order valence-electron chi connectivity index (χ1n) is 4.11. The van der Waals surface area contributed by atoms with E-state index in [4.69, 9.17) is 0 Å². The molecule has 0 saturated carbocycles. The van der Waals surface area contributed by atoms with E-state index in [-0.39, 0.29) is 0 Å². The number of hydrogen-bond donors (Lipinski definition) is 0. The van der Waals surface area contributed by atoms with Gasteiger partial charge in [0.15, 0.2) is 0 Å². The van der Waals surface area contributed by atoms with Gasteiger partial charge >= 0.3 is 0 Å². The van der Waals surface area contributed by atoms with E-state index < -0.39 is 0 Å². The Kier molecular flexibility index (Phi) is 4.30. The minimum Gasteiger partial charge on any atom is -0.0876 e. The Morgan fingerprint density at radius 3 is 2.58 bits per heavy atom. The molecule has 1 aromatic carbocycles. The second-order valence-corrected chi connectivity index (χ2v) is 4.22. The molecule has 12 heavy (non-hydrogen) atoms. The molecule has 0 aromatic heterocycles. The molecular formula is C10H12Br2. The third-order valence-electron chi connectivity index (χ3n) is 1.80. The van der Waals surface area contributed by atoms with Crippen molar-refractivity contribution >= 4 is 31.9 Å². The highest BCUT2D eigenvalue weighted by atomic mass is 79.9. The van der Waals surface area contributed by atoms with Gasteiger partial charge in [0.1, 0.15) is 0 Å². The average Bonchev–Trinajstić information content (AvgIpc) is 2.05. The van der Waals surface area contributed by atoms with Crippen LogP contribution in [0.5, 0.6) is 0 Å². The zero-order valence-corrected chi connectivity index (χ0v) is 10.3. The van der Waals surface area contributed by atoms with E-state index in [2.05, 4.69) is 57.0 Å². The van der Waals surface area contributed by atoms with Crippen molar-refractivity contribution in [1.29, 1.82) is 0 Å². The summed E-state index contributed by atoms with van der Waals surface area (Å²) in [4.78, 5) is 0. The molecule has 0 amide bonds. The molecule has 1 aromatic rings. The van der Waals surface area contributed by atoms with Gasteiger partial charge in [0.2, 0.25) is 0 Å². The first-order chi connectivity index (χ1) is 5.77. The molecule has 0 heterocycles. The Balaban J connectivity index is 2.86. The van der Waals surface area contributed by atoms with Gasteiger partial charge in [-0.05, 0) is 23.6 Å². The van der Waals surface area contributed by atoms with Crippen LogP contribution >= 0.6 is 31.9 Å². The van der Waals surface area contributed by atoms with E-state index in [0.717, 1.165) is 5.33 Å². The summed E-state index contributed by atoms with van der Waals surface area (Å²) in [6.07, 6.45) is 2.38. The highest BCUT2D eigenvalue weighted by Gasteiger charge is 1.98. The van der Waals surface area contributed by atoms with Crippen molar-refractivity contribution in [3.05, 3.63) is 33.8 Å². The van der Waals surface area contributed by atoms with Crippen molar-refractivity contribution < 1.29 is 0 Å². The number of aryl methyl sites for hydroxylation is 1. The highest BCUT2D eigenvalue weighted by Crippen LogP contribution is 2.21. The third-order valence-corrected chi connectivity index (χ3v) is 3.14. The highest BCUT2D eigenvalue weighted by molar-refractivity contribution is 9.10. The monoisotopic (exact) mass is 290 g/mol. The van der Waals surface area contributed by atoms with Gasteiger partial charge in [-0.25, -0.2) is 0 Å². The van der Waals surface area contributed by atoms with E-state index in [9.17, 15) is 0 Å². The minimum absolute atomic E-state index is 0.917. The van der Waals surface area contributed by atoms with Gasteiger partial charge < -0.3 is 0 Å². The van der Waals surface area contributed by atoms with Crippen molar-refractivity contribution in [3.63, 3.8) is 0 Å². The van der Waals surface area contributed by atoms with Crippen molar-refractivity contribution in [2.45, 2.75) is 25.1 Å². The average molecular weight is 292 g/mol. The number of halogens is 2. The molecule has 0 aliphatic rings. The van der Waals surface area contributed by atoms with Crippen LogP contribution in [0.1, 0.15) is 24.5 Å². The summed E-state index contributed by atoms with van der Waals surface area (Å²) in [7, 11) is 0. The van der Waals surface area contributed by atoms with E-state index in [1.165, 1.54) is 28.4 Å². The fraction of sp³-hybridized carbons (Fsp3) is 0.400. The van der Waals surface area contributed by atoms with Crippen molar-refractivity contribution in [1.82, 2.24) is 0 Å². The van der Waals surface area contributed by atoms with Crippen LogP contribution in [0.2, 0.25) is 0 Å². The Morgan fingerprint density at radius 2 is 2.08 bits per heavy atom. The molecule has 0 fully saturated rings. The zero-order valence-electron chi connectivity index (χ0n) is 7.11. The Hall–Kier alpha value is 0.180. The molecule has 0 aliphatic carbocycles. The Bertz CT molecular complexity index is 256. The number of benzene rings is 1. The summed E-state index contributed by atoms with van der Waals surface area (Å²) in [6, 6.07) is 6.58. The minimum atomic E-state index is 0.917. The molecule has 0 atom stereocenters. The molecular weight excluding hydrogens is 280 g/mol. The van der Waals surface area contributed by atoms with Crippen molar-refractivity contribution in [3.8, 4) is 0 Å². The number of rotatable bonds is 3. The molecule has 0 aliphatic heterocycles. The molecule has 66 valence electrons. The first kappa shape index (κ1) is 10.3. The SMILES string of the molecule is CCCc1ccc(CBr)c(Br)c1. The van der Waals surface area contributed by atoms with E-state index >= 15 is 0 Å². The van der Waals surface area contributed by atoms with Crippen LogP contribution in [0, 0.1) is 0 Å². The lowest BCUT2D eigenvalue weighted by atomic mass is 10.1. The van der Waals surface area contributed by atoms with Crippen LogP contribution in [0.3, 0.4) is 0 Å².